The zero-order valence-electron chi connectivity index (χ0n) is 21.7. The number of rotatable bonds is 9. The minimum absolute atomic E-state index is 0. The molecule has 0 amide bonds. The lowest BCUT2D eigenvalue weighted by Gasteiger charge is -2.13. The minimum Gasteiger partial charge on any atom is -0.462 e. The summed E-state index contributed by atoms with van der Waals surface area (Å²) in [5.41, 5.74) is 1.90. The SMILES string of the molecule is CCOC(=O)c1cn(Cc2c(F)cccc2F)c2sc(-c3ccccc3)c(CNCc3ccccc3)c2c1=O.Cl. The fourth-order valence-electron chi connectivity index (χ4n) is 4.54. The van der Waals surface area contributed by atoms with Crippen molar-refractivity contribution in [2.75, 3.05) is 6.61 Å². The van der Waals surface area contributed by atoms with Crippen LogP contribution in [-0.4, -0.2) is 17.1 Å². The second-order valence-electron chi connectivity index (χ2n) is 8.97. The molecule has 5 rings (SSSR count). The van der Waals surface area contributed by atoms with Gasteiger partial charge in [0.1, 0.15) is 22.0 Å². The van der Waals surface area contributed by atoms with Crippen LogP contribution in [0.2, 0.25) is 0 Å². The maximum absolute atomic E-state index is 14.7. The predicted octanol–water partition coefficient (Wildman–Crippen LogP) is 6.94. The Kier molecular flexibility index (Phi) is 9.47. The molecule has 0 saturated carbocycles. The number of nitrogens with one attached hydrogen (secondary N) is 1. The highest BCUT2D eigenvalue weighted by molar-refractivity contribution is 7.22. The Morgan fingerprint density at radius 1 is 0.900 bits per heavy atom. The highest BCUT2D eigenvalue weighted by Gasteiger charge is 2.24. The Morgan fingerprint density at radius 2 is 1.55 bits per heavy atom. The third kappa shape index (κ3) is 5.99. The summed E-state index contributed by atoms with van der Waals surface area (Å²) in [5.74, 6) is -2.18. The molecule has 0 radical (unpaired) electrons. The number of esters is 1. The van der Waals surface area contributed by atoms with E-state index in [-0.39, 0.29) is 36.7 Å². The van der Waals surface area contributed by atoms with Crippen LogP contribution in [0, 0.1) is 11.6 Å². The fourth-order valence-corrected chi connectivity index (χ4v) is 5.84. The molecule has 0 bridgehead atoms. The summed E-state index contributed by atoms with van der Waals surface area (Å²) in [6, 6.07) is 23.2. The maximum atomic E-state index is 14.7. The number of carbonyl (C=O) groups is 1. The Labute approximate surface area is 240 Å². The van der Waals surface area contributed by atoms with Crippen LogP contribution in [0.3, 0.4) is 0 Å². The van der Waals surface area contributed by atoms with E-state index in [1.54, 1.807) is 11.5 Å². The van der Waals surface area contributed by atoms with Gasteiger partial charge in [-0.3, -0.25) is 4.79 Å². The molecule has 0 aliphatic heterocycles. The van der Waals surface area contributed by atoms with Gasteiger partial charge in [-0.2, -0.15) is 0 Å². The number of thiophene rings is 1. The smallest absolute Gasteiger partial charge is 0.343 e. The lowest BCUT2D eigenvalue weighted by Crippen LogP contribution is -2.22. The number of halogens is 3. The van der Waals surface area contributed by atoms with Crippen molar-refractivity contribution in [1.82, 2.24) is 9.88 Å². The highest BCUT2D eigenvalue weighted by atomic mass is 35.5. The number of pyridine rings is 1. The van der Waals surface area contributed by atoms with Crippen LogP contribution in [0.5, 0.6) is 0 Å². The number of benzene rings is 3. The number of carbonyl (C=O) groups excluding carboxylic acids is 1. The van der Waals surface area contributed by atoms with Crippen LogP contribution in [0.1, 0.15) is 34.0 Å². The van der Waals surface area contributed by atoms with Crippen molar-refractivity contribution in [3.8, 4) is 10.4 Å². The first-order valence-electron chi connectivity index (χ1n) is 12.6. The van der Waals surface area contributed by atoms with E-state index < -0.39 is 23.0 Å². The first-order chi connectivity index (χ1) is 19.0. The number of ether oxygens (including phenoxy) is 1. The van der Waals surface area contributed by atoms with Crippen LogP contribution in [0.25, 0.3) is 20.7 Å². The van der Waals surface area contributed by atoms with Crippen molar-refractivity contribution >= 4 is 39.9 Å². The van der Waals surface area contributed by atoms with E-state index in [9.17, 15) is 18.4 Å². The quantitative estimate of drug-likeness (QED) is 0.192. The lowest BCUT2D eigenvalue weighted by molar-refractivity contribution is 0.0524. The van der Waals surface area contributed by atoms with Gasteiger partial charge in [-0.1, -0.05) is 66.7 Å². The summed E-state index contributed by atoms with van der Waals surface area (Å²) in [6.45, 7) is 2.45. The van der Waals surface area contributed by atoms with Crippen molar-refractivity contribution in [1.29, 1.82) is 0 Å². The second-order valence-corrected chi connectivity index (χ2v) is 9.96. The minimum atomic E-state index is -0.775. The molecule has 3 aromatic carbocycles. The van der Waals surface area contributed by atoms with Gasteiger partial charge in [-0.05, 0) is 35.7 Å². The topological polar surface area (TPSA) is 60.3 Å². The molecular formula is C31H27ClF2N2O3S. The Morgan fingerprint density at radius 3 is 2.20 bits per heavy atom. The summed E-state index contributed by atoms with van der Waals surface area (Å²) < 4.78 is 36.1. The first kappa shape index (κ1) is 29.1. The maximum Gasteiger partial charge on any atom is 0.343 e. The van der Waals surface area contributed by atoms with Gasteiger partial charge < -0.3 is 14.6 Å². The molecule has 5 nitrogen and oxygen atoms in total. The molecule has 2 heterocycles. The van der Waals surface area contributed by atoms with Gasteiger partial charge in [0.25, 0.3) is 0 Å². The summed E-state index contributed by atoms with van der Waals surface area (Å²) in [4.78, 5) is 28.0. The number of hydrogen-bond donors (Lipinski definition) is 1. The van der Waals surface area contributed by atoms with E-state index in [0.717, 1.165) is 21.6 Å². The van der Waals surface area contributed by atoms with Gasteiger partial charge in [-0.15, -0.1) is 23.7 Å². The van der Waals surface area contributed by atoms with Crippen molar-refractivity contribution in [2.24, 2.45) is 0 Å². The molecule has 0 spiro atoms. The Balaban J connectivity index is 0.00000370. The zero-order valence-corrected chi connectivity index (χ0v) is 23.3. The molecule has 0 unspecified atom stereocenters. The van der Waals surface area contributed by atoms with E-state index in [1.165, 1.54) is 35.7 Å². The third-order valence-corrected chi connectivity index (χ3v) is 7.72. The van der Waals surface area contributed by atoms with Gasteiger partial charge in [0.05, 0.1) is 18.5 Å². The molecule has 2 aromatic heterocycles. The average molecular weight is 581 g/mol. The Bertz CT molecular complexity index is 1670. The van der Waals surface area contributed by atoms with Gasteiger partial charge >= 0.3 is 5.97 Å². The Hall–Kier alpha value is -3.85. The van der Waals surface area contributed by atoms with Crippen LogP contribution in [0.15, 0.2) is 89.9 Å². The largest absolute Gasteiger partial charge is 0.462 e. The average Bonchev–Trinajstić information content (AvgIpc) is 3.33. The molecular weight excluding hydrogens is 554 g/mol. The summed E-state index contributed by atoms with van der Waals surface area (Å²) >= 11 is 1.35. The molecule has 0 fully saturated rings. The molecule has 0 aliphatic carbocycles. The van der Waals surface area contributed by atoms with Crippen LogP contribution in [0.4, 0.5) is 8.78 Å². The van der Waals surface area contributed by atoms with Crippen LogP contribution >= 0.6 is 23.7 Å². The van der Waals surface area contributed by atoms with Gasteiger partial charge in [0.2, 0.25) is 5.43 Å². The van der Waals surface area contributed by atoms with Gasteiger partial charge in [-0.25, -0.2) is 13.6 Å². The predicted molar refractivity (Wildman–Crippen MR) is 157 cm³/mol. The number of hydrogen-bond acceptors (Lipinski definition) is 5. The molecule has 0 aliphatic rings. The van der Waals surface area contributed by atoms with E-state index in [4.69, 9.17) is 4.74 Å². The molecule has 0 saturated heterocycles. The standard InChI is InChI=1S/C31H26F2N2O3S.ClH/c1-2-38-31(37)24-19-35(18-23-25(32)14-9-15-26(23)33)30-27(28(24)36)22(17-34-16-20-10-5-3-6-11-20)29(39-30)21-12-7-4-8-13-21;/h3-15,19,34H,2,16-18H2,1H3;1H. The normalized spacial score (nSPS) is 10.9. The molecule has 9 heteroatoms. The fraction of sp³-hybridized carbons (Fsp3) is 0.161. The lowest BCUT2D eigenvalue weighted by atomic mass is 10.0. The van der Waals surface area contributed by atoms with Crippen molar-refractivity contribution < 1.29 is 18.3 Å². The van der Waals surface area contributed by atoms with Crippen LogP contribution < -0.4 is 10.7 Å². The monoisotopic (exact) mass is 580 g/mol. The number of fused-ring (bicyclic) bond motifs is 1. The van der Waals surface area contributed by atoms with Gasteiger partial charge in [0, 0.05) is 29.7 Å². The second kappa shape index (κ2) is 13.0. The van der Waals surface area contributed by atoms with E-state index in [1.807, 2.05) is 60.7 Å². The summed E-state index contributed by atoms with van der Waals surface area (Å²) in [5, 5.41) is 3.75. The van der Waals surface area contributed by atoms with Crippen molar-refractivity contribution in [3.05, 3.63) is 129 Å². The highest BCUT2D eigenvalue weighted by Crippen LogP contribution is 2.38. The molecule has 5 aromatic rings. The van der Waals surface area contributed by atoms with Crippen molar-refractivity contribution in [3.63, 3.8) is 0 Å². The molecule has 1 N–H and O–H groups in total. The van der Waals surface area contributed by atoms with Crippen molar-refractivity contribution in [2.45, 2.75) is 26.6 Å². The van der Waals surface area contributed by atoms with E-state index in [0.29, 0.717) is 23.3 Å². The summed E-state index contributed by atoms with van der Waals surface area (Å²) in [6.07, 6.45) is 1.35. The zero-order chi connectivity index (χ0) is 27.4. The van der Waals surface area contributed by atoms with Gasteiger partial charge in [0.15, 0.2) is 0 Å². The third-order valence-electron chi connectivity index (χ3n) is 6.40. The number of aromatic nitrogens is 1. The molecule has 206 valence electrons. The van der Waals surface area contributed by atoms with E-state index >= 15 is 0 Å². The molecule has 40 heavy (non-hydrogen) atoms. The van der Waals surface area contributed by atoms with E-state index in [2.05, 4.69) is 5.32 Å². The number of nitrogens with zero attached hydrogens (tertiary/aromatic N) is 1. The van der Waals surface area contributed by atoms with Crippen LogP contribution in [-0.2, 0) is 24.4 Å². The first-order valence-corrected chi connectivity index (χ1v) is 13.4. The molecule has 0 atom stereocenters. The summed E-state index contributed by atoms with van der Waals surface area (Å²) in [7, 11) is 0.